The van der Waals surface area contributed by atoms with Gasteiger partial charge in [0, 0.05) is 58.6 Å². The Hall–Kier alpha value is -7.09. The third-order valence-electron chi connectivity index (χ3n) is 20.0. The van der Waals surface area contributed by atoms with Crippen molar-refractivity contribution in [1.82, 2.24) is 0 Å². The molecule has 11 fully saturated rings. The number of carbonyl (C=O) groups excluding carboxylic acids is 8. The molecule has 526 valence electrons. The van der Waals surface area contributed by atoms with E-state index in [0.29, 0.717) is 57.8 Å². The molecule has 11 aliphatic rings. The van der Waals surface area contributed by atoms with Crippen molar-refractivity contribution in [3.05, 3.63) is 109 Å². The van der Waals surface area contributed by atoms with Crippen LogP contribution in [-0.4, -0.2) is 106 Å². The molecule has 0 radical (unpaired) electrons. The van der Waals surface area contributed by atoms with Crippen molar-refractivity contribution in [3.8, 4) is 5.75 Å². The van der Waals surface area contributed by atoms with Gasteiger partial charge in [0.15, 0.2) is 6.61 Å². The van der Waals surface area contributed by atoms with E-state index in [9.17, 15) is 56.6 Å². The van der Waals surface area contributed by atoms with Gasteiger partial charge in [0.1, 0.15) is 40.4 Å². The maximum absolute atomic E-state index is 12.0. The second-order valence-corrected chi connectivity index (χ2v) is 28.0. The predicted molar refractivity (Wildman–Crippen MR) is 352 cm³/mol. The van der Waals surface area contributed by atoms with Crippen LogP contribution >= 0.6 is 0 Å². The minimum Gasteiger partial charge on any atom is -0.458 e. The van der Waals surface area contributed by atoms with Crippen molar-refractivity contribution in [2.24, 2.45) is 41.4 Å². The molecule has 5 unspecified atom stereocenters. The molecule has 2 heterocycles. The van der Waals surface area contributed by atoms with Crippen LogP contribution in [0, 0.1) is 41.4 Å². The number of halogens is 3. The molecule has 95 heavy (non-hydrogen) atoms. The Morgan fingerprint density at radius 2 is 1.15 bits per heavy atom. The van der Waals surface area contributed by atoms with E-state index in [1.54, 1.807) is 45.9 Å². The monoisotopic (exact) mass is 1330 g/mol. The number of benzene rings is 1. The van der Waals surface area contributed by atoms with Crippen molar-refractivity contribution >= 4 is 53.8 Å². The Balaban J connectivity index is 0.000000202. The molecule has 9 aliphatic carbocycles. The largest absolute Gasteiger partial charge is 0.458 e. The minimum absolute atomic E-state index is 0.0470. The second kappa shape index (κ2) is 34.2. The summed E-state index contributed by atoms with van der Waals surface area (Å²) in [6.45, 7) is 38.9. The SMILES string of the molecule is C=C(C)C(=O)OC1(C)CCCC1.C=C(C)C(=O)OC1(CC)C2CC3CC(C2)CC1C3.C=C(C)C(=O)OC1(CC)CCCC1.C=C(C)C(=O)OC1C2CC3C(=O)OC1C3C2.C=C(C)C(=O)OCC(F)(F)F.C=C1CC2(CCC(O)CC2)OC1=O.C=Cc1ccc(OC(C)=O)cc1. The summed E-state index contributed by atoms with van der Waals surface area (Å²) in [6, 6.07) is 7.15. The molecule has 12 rings (SSSR count). The van der Waals surface area contributed by atoms with Gasteiger partial charge in [-0.05, 0) is 218 Å². The molecule has 1 spiro atoms. The molecular formula is C75H103F3O17. The van der Waals surface area contributed by atoms with Crippen molar-refractivity contribution < 1.29 is 94.5 Å². The van der Waals surface area contributed by atoms with Crippen LogP contribution in [-0.2, 0) is 71.5 Å². The van der Waals surface area contributed by atoms with Gasteiger partial charge in [0.25, 0.3) is 0 Å². The van der Waals surface area contributed by atoms with E-state index in [1.165, 1.54) is 71.6 Å². The first-order valence-corrected chi connectivity index (χ1v) is 33.5. The lowest BCUT2D eigenvalue weighted by Gasteiger charge is -2.60. The zero-order valence-corrected chi connectivity index (χ0v) is 57.5. The quantitative estimate of drug-likeness (QED) is 0.0790. The van der Waals surface area contributed by atoms with E-state index >= 15 is 0 Å². The van der Waals surface area contributed by atoms with E-state index in [4.69, 9.17) is 33.2 Å². The summed E-state index contributed by atoms with van der Waals surface area (Å²) in [5, 5.41) is 9.32. The van der Waals surface area contributed by atoms with Gasteiger partial charge in [0.05, 0.1) is 12.0 Å². The number of hydrogen-bond donors (Lipinski definition) is 1. The number of aliphatic hydroxyl groups is 1. The van der Waals surface area contributed by atoms with Gasteiger partial charge in [-0.15, -0.1) is 0 Å². The lowest BCUT2D eigenvalue weighted by Crippen LogP contribution is -2.59. The topological polar surface area (TPSA) is 231 Å². The smallest absolute Gasteiger partial charge is 0.422 e. The maximum Gasteiger partial charge on any atom is 0.422 e. The first-order valence-electron chi connectivity index (χ1n) is 33.5. The fraction of sp³-hybridized carbons (Fsp3) is 0.627. The summed E-state index contributed by atoms with van der Waals surface area (Å²) in [7, 11) is 0. The van der Waals surface area contributed by atoms with E-state index in [1.807, 2.05) is 19.1 Å². The molecule has 5 atom stereocenters. The summed E-state index contributed by atoms with van der Waals surface area (Å²) in [5.74, 6) is 1.53. The molecule has 1 aromatic rings. The fourth-order valence-corrected chi connectivity index (χ4v) is 15.0. The molecule has 0 amide bonds. The third kappa shape index (κ3) is 22.2. The highest BCUT2D eigenvalue weighted by atomic mass is 19.4. The second-order valence-electron chi connectivity index (χ2n) is 28.0. The molecule has 0 aromatic heterocycles. The average molecular weight is 1330 g/mol. The van der Waals surface area contributed by atoms with E-state index in [0.717, 1.165) is 94.4 Å². The molecular weight excluding hydrogens is 1230 g/mol. The zero-order chi connectivity index (χ0) is 71.0. The number of hydrogen-bond acceptors (Lipinski definition) is 17. The molecule has 1 N–H and O–H groups in total. The first kappa shape index (κ1) is 78.6. The lowest BCUT2D eigenvalue weighted by atomic mass is 9.49. The fourth-order valence-electron chi connectivity index (χ4n) is 15.0. The Labute approximate surface area is 559 Å². The molecule has 6 bridgehead atoms. The maximum atomic E-state index is 12.0. The molecule has 1 aromatic carbocycles. The van der Waals surface area contributed by atoms with Crippen LogP contribution in [0.1, 0.15) is 209 Å². The Morgan fingerprint density at radius 1 is 0.653 bits per heavy atom. The van der Waals surface area contributed by atoms with Gasteiger partial charge in [-0.2, -0.15) is 13.2 Å². The summed E-state index contributed by atoms with van der Waals surface area (Å²) < 4.78 is 75.5. The first-order chi connectivity index (χ1) is 44.4. The third-order valence-corrected chi connectivity index (χ3v) is 20.0. The Bertz CT molecular complexity index is 2960. The highest BCUT2D eigenvalue weighted by molar-refractivity contribution is 5.91. The van der Waals surface area contributed by atoms with Crippen LogP contribution in [0.3, 0.4) is 0 Å². The van der Waals surface area contributed by atoms with Gasteiger partial charge in [-0.25, -0.2) is 28.8 Å². The highest BCUT2D eigenvalue weighted by Crippen LogP contribution is 2.61. The van der Waals surface area contributed by atoms with Gasteiger partial charge >= 0.3 is 53.9 Å². The van der Waals surface area contributed by atoms with Gasteiger partial charge in [-0.3, -0.25) is 9.59 Å². The minimum atomic E-state index is -4.47. The molecule has 9 saturated carbocycles. The predicted octanol–water partition coefficient (Wildman–Crippen LogP) is 15.1. The van der Waals surface area contributed by atoms with Crippen LogP contribution in [0.15, 0.2) is 104 Å². The van der Waals surface area contributed by atoms with E-state index in [-0.39, 0.29) is 99.9 Å². The van der Waals surface area contributed by atoms with Crippen molar-refractivity contribution in [1.29, 1.82) is 0 Å². The number of carbonyl (C=O) groups is 8. The number of esters is 8. The standard InChI is InChI=1S/C16H24O2.C12H14O4.C11H18O2.C10H14O3.C10H16O2.C10H10O2.C6H7F3O2/c1-4-16(18-15(17)10(2)3)13-6-11-5-12(8-13)9-14(16)7-11;1-5(2)11(13)15-9-6-3-7-8(4-6)12(14)16-10(7)9;1-4-11(7-5-6-8-11)13-10(12)9(2)3;1-7-6-10(13-9(7)12)4-2-8(11)3-5-10;1-8(2)9(11)12-10(3)6-4-5-7-10;1-3-9-4-6-10(7-5-9)12-8(2)11;1-4(2)5(10)11-3-6(7,8)9/h11-14H,2,4-9H2,1,3H3;6-10H,1,3-4H2,2H3;2,4-8H2,1,3H3;8,11H,1-6H2;1,4-7H2,2-3H3;3-7H,1H2,2H3;1,3H2,2H3. The molecule has 20 heteroatoms. The van der Waals surface area contributed by atoms with E-state index < -0.39 is 18.8 Å². The van der Waals surface area contributed by atoms with Crippen LogP contribution < -0.4 is 4.74 Å². The van der Waals surface area contributed by atoms with Crippen LogP contribution in [0.2, 0.25) is 0 Å². The molecule has 2 saturated heterocycles. The summed E-state index contributed by atoms with van der Waals surface area (Å²) in [4.78, 5) is 89.5. The van der Waals surface area contributed by atoms with Crippen molar-refractivity contribution in [2.75, 3.05) is 6.61 Å². The number of aliphatic hydroxyl groups excluding tert-OH is 1. The zero-order valence-electron chi connectivity index (χ0n) is 57.5. The number of alkyl halides is 3. The van der Waals surface area contributed by atoms with Crippen LogP contribution in [0.25, 0.3) is 6.08 Å². The normalized spacial score (nSPS) is 29.0. The van der Waals surface area contributed by atoms with Crippen molar-refractivity contribution in [3.63, 3.8) is 0 Å². The summed E-state index contributed by atoms with van der Waals surface area (Å²) in [6.07, 6.45) is 19.2. The highest BCUT2D eigenvalue weighted by Gasteiger charge is 2.63. The van der Waals surface area contributed by atoms with Crippen molar-refractivity contribution in [2.45, 2.75) is 250 Å². The number of fused-ring (bicyclic) bond motifs is 1. The van der Waals surface area contributed by atoms with E-state index in [2.05, 4.69) is 64.6 Å². The number of rotatable bonds is 14. The lowest BCUT2D eigenvalue weighted by molar-refractivity contribution is -0.207. The van der Waals surface area contributed by atoms with Gasteiger partial charge < -0.3 is 43.0 Å². The van der Waals surface area contributed by atoms with Gasteiger partial charge in [0.2, 0.25) is 0 Å². The molecule has 2 aliphatic heterocycles. The Morgan fingerprint density at radius 3 is 1.59 bits per heavy atom. The van der Waals surface area contributed by atoms with Gasteiger partial charge in [-0.1, -0.05) is 78.1 Å². The van der Waals surface area contributed by atoms with Crippen LogP contribution in [0.5, 0.6) is 5.75 Å². The summed E-state index contributed by atoms with van der Waals surface area (Å²) in [5.41, 5.74) is 2.60. The summed E-state index contributed by atoms with van der Waals surface area (Å²) >= 11 is 0. The Kier molecular flexibility index (Phi) is 28.3. The average Bonchev–Trinajstić information content (AvgIpc) is 1.61. The van der Waals surface area contributed by atoms with Crippen LogP contribution in [0.4, 0.5) is 13.2 Å². The molecule has 17 nitrogen and oxygen atoms in total. The number of ether oxygens (including phenoxy) is 8.